The van der Waals surface area contributed by atoms with E-state index >= 15 is 0 Å². The van der Waals surface area contributed by atoms with E-state index in [2.05, 4.69) is 10.6 Å². The summed E-state index contributed by atoms with van der Waals surface area (Å²) < 4.78 is 0. The quantitative estimate of drug-likeness (QED) is 0.721. The maximum atomic E-state index is 11.9. The average Bonchev–Trinajstić information content (AvgIpc) is 2.45. The first-order chi connectivity index (χ1) is 9.19. The minimum atomic E-state index is -0.0584. The predicted molar refractivity (Wildman–Crippen MR) is 75.9 cm³/mol. The number of urea groups is 1. The SMILES string of the molecule is CCN(CC)C(=O)NCCNC(=O)C1CCCCC1. The van der Waals surface area contributed by atoms with Crippen molar-refractivity contribution in [3.05, 3.63) is 0 Å². The van der Waals surface area contributed by atoms with E-state index in [1.807, 2.05) is 13.8 Å². The molecule has 2 N–H and O–H groups in total. The molecule has 5 nitrogen and oxygen atoms in total. The first-order valence-electron chi connectivity index (χ1n) is 7.49. The molecule has 1 aliphatic rings. The molecule has 0 bridgehead atoms. The molecule has 0 aromatic heterocycles. The largest absolute Gasteiger partial charge is 0.354 e. The highest BCUT2D eigenvalue weighted by atomic mass is 16.2. The second-order valence-electron chi connectivity index (χ2n) is 5.03. The van der Waals surface area contributed by atoms with Crippen molar-refractivity contribution in [1.82, 2.24) is 15.5 Å². The lowest BCUT2D eigenvalue weighted by Gasteiger charge is -2.21. The van der Waals surface area contributed by atoms with Crippen LogP contribution in [0.15, 0.2) is 0 Å². The second kappa shape index (κ2) is 8.77. The summed E-state index contributed by atoms with van der Waals surface area (Å²) >= 11 is 0. The second-order valence-corrected chi connectivity index (χ2v) is 5.03. The van der Waals surface area contributed by atoms with Crippen LogP contribution in [0.1, 0.15) is 46.0 Å². The summed E-state index contributed by atoms with van der Waals surface area (Å²) in [5.41, 5.74) is 0. The Balaban J connectivity index is 2.12. The Bertz CT molecular complexity index is 284. The van der Waals surface area contributed by atoms with Crippen LogP contribution in [-0.4, -0.2) is 43.0 Å². The van der Waals surface area contributed by atoms with Crippen molar-refractivity contribution in [3.63, 3.8) is 0 Å². The highest BCUT2D eigenvalue weighted by Gasteiger charge is 2.20. The fourth-order valence-electron chi connectivity index (χ4n) is 2.49. The number of amides is 3. The standard InChI is InChI=1S/C14H27N3O2/c1-3-17(4-2)14(19)16-11-10-15-13(18)12-8-6-5-7-9-12/h12H,3-11H2,1-2H3,(H,15,18)(H,16,19). The third kappa shape index (κ3) is 5.49. The van der Waals surface area contributed by atoms with Crippen molar-refractivity contribution in [1.29, 1.82) is 0 Å². The molecule has 0 aliphatic heterocycles. The molecule has 3 amide bonds. The van der Waals surface area contributed by atoms with Gasteiger partial charge in [0.2, 0.25) is 5.91 Å². The highest BCUT2D eigenvalue weighted by Crippen LogP contribution is 2.23. The average molecular weight is 269 g/mol. The minimum absolute atomic E-state index is 0.0584. The molecular weight excluding hydrogens is 242 g/mol. The van der Waals surface area contributed by atoms with Gasteiger partial charge in [0.1, 0.15) is 0 Å². The minimum Gasteiger partial charge on any atom is -0.354 e. The molecule has 0 unspecified atom stereocenters. The first kappa shape index (κ1) is 15.8. The number of rotatable bonds is 6. The van der Waals surface area contributed by atoms with Gasteiger partial charge in [-0.15, -0.1) is 0 Å². The van der Waals surface area contributed by atoms with Crippen molar-refractivity contribution < 1.29 is 9.59 Å². The monoisotopic (exact) mass is 269 g/mol. The Labute approximate surface area is 116 Å². The van der Waals surface area contributed by atoms with Crippen LogP contribution in [0.4, 0.5) is 4.79 Å². The van der Waals surface area contributed by atoms with Crippen LogP contribution in [0.25, 0.3) is 0 Å². The van der Waals surface area contributed by atoms with E-state index in [4.69, 9.17) is 0 Å². The van der Waals surface area contributed by atoms with Gasteiger partial charge in [-0.05, 0) is 26.7 Å². The fourth-order valence-corrected chi connectivity index (χ4v) is 2.49. The Kier molecular flexibility index (Phi) is 7.30. The highest BCUT2D eigenvalue weighted by molar-refractivity contribution is 5.78. The molecule has 0 radical (unpaired) electrons. The zero-order chi connectivity index (χ0) is 14.1. The molecule has 1 aliphatic carbocycles. The number of nitrogens with zero attached hydrogens (tertiary/aromatic N) is 1. The summed E-state index contributed by atoms with van der Waals surface area (Å²) in [7, 11) is 0. The van der Waals surface area contributed by atoms with Gasteiger partial charge in [-0.1, -0.05) is 19.3 Å². The van der Waals surface area contributed by atoms with Crippen LogP contribution in [0, 0.1) is 5.92 Å². The van der Waals surface area contributed by atoms with Gasteiger partial charge in [0.15, 0.2) is 0 Å². The fraction of sp³-hybridized carbons (Fsp3) is 0.857. The number of carbonyl (C=O) groups excluding carboxylic acids is 2. The molecule has 1 saturated carbocycles. The van der Waals surface area contributed by atoms with Crippen molar-refractivity contribution in [2.75, 3.05) is 26.2 Å². The number of carbonyl (C=O) groups is 2. The molecule has 110 valence electrons. The summed E-state index contributed by atoms with van der Waals surface area (Å²) in [4.78, 5) is 25.2. The van der Waals surface area contributed by atoms with Gasteiger partial charge in [-0.2, -0.15) is 0 Å². The molecule has 0 spiro atoms. The predicted octanol–water partition coefficient (Wildman–Crippen LogP) is 1.73. The molecule has 19 heavy (non-hydrogen) atoms. The number of hydrogen-bond acceptors (Lipinski definition) is 2. The van der Waals surface area contributed by atoms with Crippen LogP contribution < -0.4 is 10.6 Å². The van der Waals surface area contributed by atoms with Crippen LogP contribution in [0.3, 0.4) is 0 Å². The lowest BCUT2D eigenvalue weighted by molar-refractivity contribution is -0.125. The molecule has 0 saturated heterocycles. The zero-order valence-electron chi connectivity index (χ0n) is 12.2. The van der Waals surface area contributed by atoms with Crippen molar-refractivity contribution in [2.24, 2.45) is 5.92 Å². The zero-order valence-corrected chi connectivity index (χ0v) is 12.2. The van der Waals surface area contributed by atoms with Crippen LogP contribution >= 0.6 is 0 Å². The molecule has 0 aromatic carbocycles. The van der Waals surface area contributed by atoms with E-state index in [0.29, 0.717) is 26.2 Å². The van der Waals surface area contributed by atoms with E-state index < -0.39 is 0 Å². The third-order valence-electron chi connectivity index (χ3n) is 3.73. The van der Waals surface area contributed by atoms with E-state index in [1.54, 1.807) is 4.90 Å². The number of hydrogen-bond donors (Lipinski definition) is 2. The Hall–Kier alpha value is -1.26. The van der Waals surface area contributed by atoms with Gasteiger partial charge in [-0.3, -0.25) is 4.79 Å². The van der Waals surface area contributed by atoms with Crippen LogP contribution in [0.2, 0.25) is 0 Å². The van der Waals surface area contributed by atoms with Gasteiger partial charge in [0.25, 0.3) is 0 Å². The smallest absolute Gasteiger partial charge is 0.317 e. The normalized spacial score (nSPS) is 15.9. The van der Waals surface area contributed by atoms with E-state index in [1.165, 1.54) is 6.42 Å². The summed E-state index contributed by atoms with van der Waals surface area (Å²) in [6, 6.07) is -0.0584. The number of nitrogens with one attached hydrogen (secondary N) is 2. The van der Waals surface area contributed by atoms with Crippen LogP contribution in [-0.2, 0) is 4.79 Å². The van der Waals surface area contributed by atoms with Crippen LogP contribution in [0.5, 0.6) is 0 Å². The summed E-state index contributed by atoms with van der Waals surface area (Å²) in [6.45, 7) is 6.32. The molecule has 0 aromatic rings. The summed E-state index contributed by atoms with van der Waals surface area (Å²) in [6.07, 6.45) is 5.60. The van der Waals surface area contributed by atoms with E-state index in [0.717, 1.165) is 25.7 Å². The van der Waals surface area contributed by atoms with Gasteiger partial charge >= 0.3 is 6.03 Å². The maximum absolute atomic E-state index is 11.9. The molecular formula is C14H27N3O2. The summed E-state index contributed by atoms with van der Waals surface area (Å²) in [5.74, 6) is 0.337. The molecule has 0 atom stereocenters. The topological polar surface area (TPSA) is 61.4 Å². The maximum Gasteiger partial charge on any atom is 0.317 e. The lowest BCUT2D eigenvalue weighted by atomic mass is 9.89. The molecule has 5 heteroatoms. The van der Waals surface area contributed by atoms with Crippen molar-refractivity contribution >= 4 is 11.9 Å². The third-order valence-corrected chi connectivity index (χ3v) is 3.73. The van der Waals surface area contributed by atoms with E-state index in [-0.39, 0.29) is 17.9 Å². The Morgan fingerprint density at radius 1 is 1.00 bits per heavy atom. The lowest BCUT2D eigenvalue weighted by Crippen LogP contribution is -2.43. The van der Waals surface area contributed by atoms with Gasteiger partial charge in [0, 0.05) is 32.1 Å². The molecule has 0 heterocycles. The van der Waals surface area contributed by atoms with Crippen molar-refractivity contribution in [3.8, 4) is 0 Å². The Morgan fingerprint density at radius 3 is 2.16 bits per heavy atom. The van der Waals surface area contributed by atoms with Gasteiger partial charge in [0.05, 0.1) is 0 Å². The molecule has 1 fully saturated rings. The first-order valence-corrected chi connectivity index (χ1v) is 7.49. The van der Waals surface area contributed by atoms with Crippen molar-refractivity contribution in [2.45, 2.75) is 46.0 Å². The Morgan fingerprint density at radius 2 is 1.58 bits per heavy atom. The van der Waals surface area contributed by atoms with Gasteiger partial charge in [-0.25, -0.2) is 4.79 Å². The van der Waals surface area contributed by atoms with Gasteiger partial charge < -0.3 is 15.5 Å². The molecule has 1 rings (SSSR count). The van der Waals surface area contributed by atoms with E-state index in [9.17, 15) is 9.59 Å². The summed E-state index contributed by atoms with van der Waals surface area (Å²) in [5, 5.41) is 5.73.